The summed E-state index contributed by atoms with van der Waals surface area (Å²) in [7, 11) is 0. The van der Waals surface area contributed by atoms with Gasteiger partial charge in [0.05, 0.1) is 17.3 Å². The van der Waals surface area contributed by atoms with Gasteiger partial charge in [0.15, 0.2) is 5.78 Å². The van der Waals surface area contributed by atoms with Gasteiger partial charge in [0, 0.05) is 28.9 Å². The molecule has 2 heterocycles. The van der Waals surface area contributed by atoms with E-state index in [-0.39, 0.29) is 23.4 Å². The second-order valence-electron chi connectivity index (χ2n) is 8.06. The minimum absolute atomic E-state index is 0.0540. The molecule has 1 aliphatic heterocycles. The minimum Gasteiger partial charge on any atom is -0.341 e. The average molecular weight is 434 g/mol. The van der Waals surface area contributed by atoms with Crippen molar-refractivity contribution >= 4 is 23.2 Å². The molecule has 1 aromatic heterocycles. The lowest BCUT2D eigenvalue weighted by Gasteiger charge is -2.14. The van der Waals surface area contributed by atoms with Gasteiger partial charge in [0.1, 0.15) is 0 Å². The molecule has 5 heteroatoms. The number of carbonyl (C=O) groups is 3. The van der Waals surface area contributed by atoms with Crippen molar-refractivity contribution in [2.24, 2.45) is 0 Å². The van der Waals surface area contributed by atoms with E-state index in [2.05, 4.69) is 5.32 Å². The fourth-order valence-corrected chi connectivity index (χ4v) is 4.40. The minimum atomic E-state index is -0.387. The van der Waals surface area contributed by atoms with Crippen molar-refractivity contribution < 1.29 is 14.4 Å². The van der Waals surface area contributed by atoms with E-state index in [1.165, 1.54) is 0 Å². The molecule has 162 valence electrons. The number of ketones is 2. The third kappa shape index (κ3) is 3.89. The third-order valence-corrected chi connectivity index (χ3v) is 6.06. The number of fused-ring (bicyclic) bond motifs is 1. The number of hydrogen-bond acceptors (Lipinski definition) is 3. The van der Waals surface area contributed by atoms with Crippen LogP contribution in [0, 0.1) is 0 Å². The Morgan fingerprint density at radius 2 is 1.30 bits per heavy atom. The number of amides is 1. The molecule has 0 unspecified atom stereocenters. The number of hydrogen-bond donors (Lipinski definition) is 1. The van der Waals surface area contributed by atoms with Crippen molar-refractivity contribution in [2.75, 3.05) is 5.32 Å². The van der Waals surface area contributed by atoms with Crippen LogP contribution in [0.2, 0.25) is 0 Å². The van der Waals surface area contributed by atoms with E-state index >= 15 is 0 Å². The van der Waals surface area contributed by atoms with E-state index in [1.807, 2.05) is 47.0 Å². The number of benzene rings is 3. The van der Waals surface area contributed by atoms with E-state index in [0.717, 1.165) is 5.69 Å². The van der Waals surface area contributed by atoms with Gasteiger partial charge in [-0.1, -0.05) is 72.8 Å². The Morgan fingerprint density at radius 1 is 0.697 bits per heavy atom. The van der Waals surface area contributed by atoms with E-state index < -0.39 is 0 Å². The van der Waals surface area contributed by atoms with Gasteiger partial charge in [-0.05, 0) is 30.7 Å². The van der Waals surface area contributed by atoms with Gasteiger partial charge < -0.3 is 9.88 Å². The summed E-state index contributed by atoms with van der Waals surface area (Å²) in [5, 5.41) is 2.96. The zero-order valence-electron chi connectivity index (χ0n) is 17.9. The molecule has 3 aromatic carbocycles. The van der Waals surface area contributed by atoms with E-state index in [1.54, 1.807) is 54.6 Å². The molecule has 0 spiro atoms. The first-order chi connectivity index (χ1) is 16.1. The number of nitrogens with one attached hydrogen (secondary N) is 1. The van der Waals surface area contributed by atoms with E-state index in [4.69, 9.17) is 0 Å². The molecule has 0 saturated heterocycles. The van der Waals surface area contributed by atoms with Crippen molar-refractivity contribution in [1.82, 2.24) is 4.57 Å². The van der Waals surface area contributed by atoms with Crippen LogP contribution in [-0.2, 0) is 11.3 Å². The maximum Gasteiger partial charge on any atom is 0.233 e. The highest BCUT2D eigenvalue weighted by molar-refractivity contribution is 6.14. The van der Waals surface area contributed by atoms with Gasteiger partial charge >= 0.3 is 0 Å². The zero-order valence-corrected chi connectivity index (χ0v) is 17.9. The maximum absolute atomic E-state index is 13.2. The van der Waals surface area contributed by atoms with Crippen molar-refractivity contribution in [3.8, 4) is 0 Å². The highest BCUT2D eigenvalue weighted by Gasteiger charge is 2.32. The van der Waals surface area contributed by atoms with Crippen LogP contribution in [0.1, 0.15) is 50.0 Å². The SMILES string of the molecule is O=C(c1ccccc1)c1ccccc1NC(=O)[C@@H]1CCn2c(C(=O)c3ccccc3)ccc21. The summed E-state index contributed by atoms with van der Waals surface area (Å²) in [6, 6.07) is 28.8. The number of para-hydroxylation sites is 1. The summed E-state index contributed by atoms with van der Waals surface area (Å²) in [5.41, 5.74) is 3.54. The Bertz CT molecular complexity index is 1340. The van der Waals surface area contributed by atoms with Gasteiger partial charge in [-0.15, -0.1) is 0 Å². The third-order valence-electron chi connectivity index (χ3n) is 6.06. The lowest BCUT2D eigenvalue weighted by Crippen LogP contribution is -2.21. The smallest absolute Gasteiger partial charge is 0.233 e. The lowest BCUT2D eigenvalue weighted by atomic mass is 10.00. The molecule has 0 bridgehead atoms. The second kappa shape index (κ2) is 8.71. The van der Waals surface area contributed by atoms with E-state index in [9.17, 15) is 14.4 Å². The molecular weight excluding hydrogens is 412 g/mol. The first-order valence-corrected chi connectivity index (χ1v) is 10.9. The van der Waals surface area contributed by atoms with Gasteiger partial charge in [-0.2, -0.15) is 0 Å². The standard InChI is InChI=1S/C28H22N2O3/c31-26(19-9-3-1-4-10-19)21-13-7-8-14-23(21)29-28(33)22-17-18-30-24(22)15-16-25(30)27(32)20-11-5-2-6-12-20/h1-16,22H,17-18H2,(H,29,33)/t22-/m1/s1. The Balaban J connectivity index is 1.38. The molecule has 1 aliphatic rings. The Kier molecular flexibility index (Phi) is 5.45. The molecule has 1 N–H and O–H groups in total. The lowest BCUT2D eigenvalue weighted by molar-refractivity contribution is -0.117. The monoisotopic (exact) mass is 434 g/mol. The zero-order chi connectivity index (χ0) is 22.8. The number of rotatable bonds is 6. The van der Waals surface area contributed by atoms with Crippen LogP contribution in [0.5, 0.6) is 0 Å². The first-order valence-electron chi connectivity index (χ1n) is 10.9. The number of aromatic nitrogens is 1. The molecule has 33 heavy (non-hydrogen) atoms. The average Bonchev–Trinajstić information content (AvgIpc) is 3.47. The summed E-state index contributed by atoms with van der Waals surface area (Å²) >= 11 is 0. The molecule has 0 aliphatic carbocycles. The van der Waals surface area contributed by atoms with Crippen LogP contribution in [-0.4, -0.2) is 22.0 Å². The number of anilines is 1. The molecule has 1 amide bonds. The van der Waals surface area contributed by atoms with Crippen molar-refractivity contribution in [3.05, 3.63) is 125 Å². The van der Waals surface area contributed by atoms with Crippen LogP contribution >= 0.6 is 0 Å². The predicted molar refractivity (Wildman–Crippen MR) is 127 cm³/mol. The van der Waals surface area contributed by atoms with Crippen LogP contribution in [0.15, 0.2) is 97.1 Å². The number of carbonyl (C=O) groups excluding carboxylic acids is 3. The highest BCUT2D eigenvalue weighted by Crippen LogP contribution is 2.33. The summed E-state index contributed by atoms with van der Waals surface area (Å²) in [6.45, 7) is 0.596. The van der Waals surface area contributed by atoms with Crippen LogP contribution in [0.3, 0.4) is 0 Å². The fraction of sp³-hybridized carbons (Fsp3) is 0.107. The summed E-state index contributed by atoms with van der Waals surface area (Å²) in [4.78, 5) is 39.1. The molecule has 1 atom stereocenters. The van der Waals surface area contributed by atoms with Gasteiger partial charge in [-0.3, -0.25) is 14.4 Å². The van der Waals surface area contributed by atoms with Crippen LogP contribution in [0.4, 0.5) is 5.69 Å². The van der Waals surface area contributed by atoms with Gasteiger partial charge in [0.25, 0.3) is 0 Å². The van der Waals surface area contributed by atoms with Crippen molar-refractivity contribution in [1.29, 1.82) is 0 Å². The van der Waals surface area contributed by atoms with Crippen LogP contribution < -0.4 is 5.32 Å². The van der Waals surface area contributed by atoms with Crippen LogP contribution in [0.25, 0.3) is 0 Å². The fourth-order valence-electron chi connectivity index (χ4n) is 4.40. The molecule has 0 fully saturated rings. The summed E-state index contributed by atoms with van der Waals surface area (Å²) in [6.07, 6.45) is 0.603. The van der Waals surface area contributed by atoms with E-state index in [0.29, 0.717) is 41.0 Å². The van der Waals surface area contributed by atoms with Crippen molar-refractivity contribution in [3.63, 3.8) is 0 Å². The molecule has 4 aromatic rings. The predicted octanol–water partition coefficient (Wildman–Crippen LogP) is 5.08. The summed E-state index contributed by atoms with van der Waals surface area (Å²) in [5.74, 6) is -0.764. The maximum atomic E-state index is 13.2. The number of nitrogens with zero attached hydrogens (tertiary/aromatic N) is 1. The molecule has 0 radical (unpaired) electrons. The van der Waals surface area contributed by atoms with Gasteiger partial charge in [0.2, 0.25) is 11.7 Å². The Hall–Kier alpha value is -4.25. The molecule has 0 saturated carbocycles. The Labute approximate surface area is 191 Å². The largest absolute Gasteiger partial charge is 0.341 e. The Morgan fingerprint density at radius 3 is 2.00 bits per heavy atom. The quantitative estimate of drug-likeness (QED) is 0.431. The van der Waals surface area contributed by atoms with Crippen molar-refractivity contribution in [2.45, 2.75) is 18.9 Å². The first kappa shape index (κ1) is 20.6. The highest BCUT2D eigenvalue weighted by atomic mass is 16.2. The summed E-state index contributed by atoms with van der Waals surface area (Å²) < 4.78 is 1.93. The topological polar surface area (TPSA) is 68.2 Å². The molecule has 5 rings (SSSR count). The normalized spacial score (nSPS) is 14.5. The molecule has 5 nitrogen and oxygen atoms in total. The van der Waals surface area contributed by atoms with Gasteiger partial charge in [-0.25, -0.2) is 0 Å². The second-order valence-corrected chi connectivity index (χ2v) is 8.06. The molecular formula is C28H22N2O3.